The Bertz CT molecular complexity index is 1210. The first-order valence-corrected chi connectivity index (χ1v) is 10.0. The third kappa shape index (κ3) is 2.96. The van der Waals surface area contributed by atoms with Crippen LogP contribution in [-0.2, 0) is 7.05 Å². The molecule has 0 radical (unpaired) electrons. The van der Waals surface area contributed by atoms with E-state index in [0.717, 1.165) is 50.2 Å². The van der Waals surface area contributed by atoms with E-state index < -0.39 is 0 Å². The summed E-state index contributed by atoms with van der Waals surface area (Å²) < 4.78 is 13.5. The molecule has 0 saturated carbocycles. The number of hydrogen-bond acceptors (Lipinski definition) is 5. The van der Waals surface area contributed by atoms with Crippen LogP contribution in [0.2, 0.25) is 0 Å². The van der Waals surface area contributed by atoms with Crippen molar-refractivity contribution in [2.24, 2.45) is 7.05 Å². The molecule has 5 rings (SSSR count). The fourth-order valence-electron chi connectivity index (χ4n) is 3.40. The van der Waals surface area contributed by atoms with Gasteiger partial charge in [-0.2, -0.15) is 0 Å². The van der Waals surface area contributed by atoms with E-state index in [0.29, 0.717) is 13.2 Å². The number of aryl methyl sites for hydroxylation is 2. The summed E-state index contributed by atoms with van der Waals surface area (Å²) in [6.07, 6.45) is 2.12. The number of imidazole rings is 1. The molecule has 0 unspecified atom stereocenters. The van der Waals surface area contributed by atoms with Crippen LogP contribution in [0.4, 0.5) is 0 Å². The lowest BCUT2D eigenvalue weighted by molar-refractivity contribution is 0.171. The van der Waals surface area contributed by atoms with Crippen molar-refractivity contribution in [2.45, 2.75) is 6.92 Å². The number of para-hydroxylation sites is 2. The first kappa shape index (κ1) is 17.0. The average Bonchev–Trinajstić information content (AvgIpc) is 3.30. The SMILES string of the molecule is Cc1csc(C(=Cc2ccc3c(c2)OCCO3)c2nc3ccccc3n2C)n1. The van der Waals surface area contributed by atoms with Gasteiger partial charge in [0.1, 0.15) is 24.0 Å². The van der Waals surface area contributed by atoms with Crippen molar-refractivity contribution in [3.8, 4) is 11.5 Å². The molecule has 2 aromatic heterocycles. The highest BCUT2D eigenvalue weighted by Gasteiger charge is 2.18. The van der Waals surface area contributed by atoms with E-state index in [1.807, 2.05) is 50.4 Å². The maximum atomic E-state index is 5.74. The van der Waals surface area contributed by atoms with Crippen molar-refractivity contribution >= 4 is 34.0 Å². The number of thiazole rings is 1. The number of benzene rings is 2. The van der Waals surface area contributed by atoms with Gasteiger partial charge in [-0.1, -0.05) is 18.2 Å². The number of fused-ring (bicyclic) bond motifs is 2. The molecule has 4 aromatic rings. The summed E-state index contributed by atoms with van der Waals surface area (Å²) in [5.74, 6) is 2.46. The van der Waals surface area contributed by atoms with E-state index in [1.165, 1.54) is 0 Å². The Kier molecular flexibility index (Phi) is 4.13. The van der Waals surface area contributed by atoms with Crippen LogP contribution in [0.3, 0.4) is 0 Å². The van der Waals surface area contributed by atoms with E-state index in [2.05, 4.69) is 22.1 Å². The van der Waals surface area contributed by atoms with Gasteiger partial charge in [-0.15, -0.1) is 11.3 Å². The van der Waals surface area contributed by atoms with Gasteiger partial charge in [-0.3, -0.25) is 0 Å². The van der Waals surface area contributed by atoms with Crippen molar-refractivity contribution in [1.82, 2.24) is 14.5 Å². The van der Waals surface area contributed by atoms with Gasteiger partial charge in [0.05, 0.1) is 16.6 Å². The number of nitrogens with zero attached hydrogens (tertiary/aromatic N) is 3. The van der Waals surface area contributed by atoms with Crippen LogP contribution in [0.15, 0.2) is 47.8 Å². The topological polar surface area (TPSA) is 49.2 Å². The zero-order chi connectivity index (χ0) is 19.1. The van der Waals surface area contributed by atoms with Crippen LogP contribution in [0, 0.1) is 6.92 Å². The molecule has 0 atom stereocenters. The van der Waals surface area contributed by atoms with Crippen LogP contribution in [0.1, 0.15) is 22.1 Å². The molecular formula is C22H19N3O2S. The van der Waals surface area contributed by atoms with Gasteiger partial charge < -0.3 is 14.0 Å². The highest BCUT2D eigenvalue weighted by molar-refractivity contribution is 7.11. The predicted molar refractivity (Wildman–Crippen MR) is 112 cm³/mol. The molecule has 0 fully saturated rings. The van der Waals surface area contributed by atoms with Crippen molar-refractivity contribution in [1.29, 1.82) is 0 Å². The number of rotatable bonds is 3. The Morgan fingerprint density at radius 2 is 1.89 bits per heavy atom. The predicted octanol–water partition coefficient (Wildman–Crippen LogP) is 4.70. The van der Waals surface area contributed by atoms with E-state index in [1.54, 1.807) is 11.3 Å². The Labute approximate surface area is 166 Å². The summed E-state index contributed by atoms with van der Waals surface area (Å²) in [4.78, 5) is 9.61. The Hall–Kier alpha value is -3.12. The third-order valence-electron chi connectivity index (χ3n) is 4.75. The second kappa shape index (κ2) is 6.80. The molecule has 0 amide bonds. The van der Waals surface area contributed by atoms with E-state index in [9.17, 15) is 0 Å². The second-order valence-electron chi connectivity index (χ2n) is 6.74. The lowest BCUT2D eigenvalue weighted by Gasteiger charge is -2.18. The minimum absolute atomic E-state index is 0.573. The molecule has 0 aliphatic carbocycles. The van der Waals surface area contributed by atoms with Gasteiger partial charge in [0.15, 0.2) is 11.5 Å². The molecule has 2 aromatic carbocycles. The van der Waals surface area contributed by atoms with Crippen LogP contribution >= 0.6 is 11.3 Å². The lowest BCUT2D eigenvalue weighted by atomic mass is 10.1. The standard InChI is InChI=1S/C22H19N3O2S/c1-14-13-28-22(23-14)16(21-24-17-5-3-4-6-18(17)25(21)2)11-15-7-8-19-20(12-15)27-10-9-26-19/h3-8,11-13H,9-10H2,1-2H3. The summed E-state index contributed by atoms with van der Waals surface area (Å²) in [7, 11) is 2.04. The van der Waals surface area contributed by atoms with Crippen LogP contribution < -0.4 is 9.47 Å². The normalized spacial score (nSPS) is 13.9. The molecule has 0 bridgehead atoms. The van der Waals surface area contributed by atoms with Gasteiger partial charge in [0, 0.05) is 18.1 Å². The summed E-state index contributed by atoms with van der Waals surface area (Å²) >= 11 is 1.63. The Balaban J connectivity index is 1.68. The van der Waals surface area contributed by atoms with Crippen molar-refractivity contribution in [2.75, 3.05) is 13.2 Å². The van der Waals surface area contributed by atoms with Gasteiger partial charge in [-0.25, -0.2) is 9.97 Å². The molecule has 1 aliphatic rings. The van der Waals surface area contributed by atoms with Crippen LogP contribution in [0.25, 0.3) is 22.7 Å². The van der Waals surface area contributed by atoms with Gasteiger partial charge in [0.25, 0.3) is 0 Å². The van der Waals surface area contributed by atoms with Gasteiger partial charge in [0.2, 0.25) is 0 Å². The zero-order valence-corrected chi connectivity index (χ0v) is 16.5. The molecule has 3 heterocycles. The fraction of sp³-hybridized carbons (Fsp3) is 0.182. The van der Waals surface area contributed by atoms with Crippen molar-refractivity contribution in [3.05, 3.63) is 69.9 Å². The molecule has 0 saturated heterocycles. The lowest BCUT2D eigenvalue weighted by Crippen LogP contribution is -2.15. The molecule has 28 heavy (non-hydrogen) atoms. The highest BCUT2D eigenvalue weighted by Crippen LogP contribution is 2.34. The maximum Gasteiger partial charge on any atom is 0.161 e. The molecule has 6 heteroatoms. The molecule has 1 aliphatic heterocycles. The van der Waals surface area contributed by atoms with E-state index >= 15 is 0 Å². The minimum atomic E-state index is 0.573. The second-order valence-corrected chi connectivity index (χ2v) is 7.60. The zero-order valence-electron chi connectivity index (χ0n) is 15.7. The summed E-state index contributed by atoms with van der Waals surface area (Å²) in [6, 6.07) is 14.2. The quantitative estimate of drug-likeness (QED) is 0.510. The van der Waals surface area contributed by atoms with E-state index in [-0.39, 0.29) is 0 Å². The number of aromatic nitrogens is 3. The van der Waals surface area contributed by atoms with Gasteiger partial charge >= 0.3 is 0 Å². The maximum absolute atomic E-state index is 5.74. The number of hydrogen-bond donors (Lipinski definition) is 0. The molecule has 140 valence electrons. The monoisotopic (exact) mass is 389 g/mol. The van der Waals surface area contributed by atoms with Crippen LogP contribution in [0.5, 0.6) is 11.5 Å². The third-order valence-corrected chi connectivity index (χ3v) is 5.75. The molecule has 0 spiro atoms. The summed E-state index contributed by atoms with van der Waals surface area (Å²) in [6.45, 7) is 3.17. The molecular weight excluding hydrogens is 370 g/mol. The Morgan fingerprint density at radius 1 is 1.07 bits per heavy atom. The average molecular weight is 389 g/mol. The number of ether oxygens (including phenoxy) is 2. The van der Waals surface area contributed by atoms with E-state index in [4.69, 9.17) is 19.4 Å². The van der Waals surface area contributed by atoms with Crippen molar-refractivity contribution < 1.29 is 9.47 Å². The fourth-order valence-corrected chi connectivity index (χ4v) is 4.21. The van der Waals surface area contributed by atoms with Crippen LogP contribution in [-0.4, -0.2) is 27.7 Å². The first-order chi connectivity index (χ1) is 13.7. The largest absolute Gasteiger partial charge is 0.486 e. The highest BCUT2D eigenvalue weighted by atomic mass is 32.1. The Morgan fingerprint density at radius 3 is 2.68 bits per heavy atom. The molecule has 0 N–H and O–H groups in total. The summed E-state index contributed by atoms with van der Waals surface area (Å²) in [5.41, 5.74) is 5.10. The van der Waals surface area contributed by atoms with Gasteiger partial charge in [-0.05, 0) is 42.8 Å². The first-order valence-electron chi connectivity index (χ1n) is 9.15. The smallest absolute Gasteiger partial charge is 0.161 e. The van der Waals surface area contributed by atoms with Crippen molar-refractivity contribution in [3.63, 3.8) is 0 Å². The summed E-state index contributed by atoms with van der Waals surface area (Å²) in [5, 5.41) is 3.01. The molecule has 5 nitrogen and oxygen atoms in total. The minimum Gasteiger partial charge on any atom is -0.486 e.